The number of nitrogens with zero attached hydrogens (tertiary/aromatic N) is 3. The number of hydrogen-bond acceptors (Lipinski definition) is 5. The first-order chi connectivity index (χ1) is 15.4. The van der Waals surface area contributed by atoms with Crippen molar-refractivity contribution in [1.29, 1.82) is 0 Å². The molecule has 1 saturated heterocycles. The number of hydrogen-bond donors (Lipinski definition) is 0. The molecular weight excluding hydrogens is 402 g/mol. The van der Waals surface area contributed by atoms with E-state index in [1.165, 1.54) is 4.90 Å². The molecule has 3 heterocycles. The van der Waals surface area contributed by atoms with Crippen LogP contribution in [0.1, 0.15) is 44.7 Å². The van der Waals surface area contributed by atoms with Gasteiger partial charge in [0.25, 0.3) is 11.8 Å². The Morgan fingerprint density at radius 3 is 2.44 bits per heavy atom. The summed E-state index contributed by atoms with van der Waals surface area (Å²) in [6.07, 6.45) is 5.52. The highest BCUT2D eigenvalue weighted by Crippen LogP contribution is 2.35. The van der Waals surface area contributed by atoms with E-state index in [2.05, 4.69) is 30.7 Å². The predicted molar refractivity (Wildman–Crippen MR) is 123 cm³/mol. The second-order valence-corrected chi connectivity index (χ2v) is 9.20. The quantitative estimate of drug-likeness (QED) is 0.615. The molecule has 0 bridgehead atoms. The fourth-order valence-electron chi connectivity index (χ4n) is 4.30. The van der Waals surface area contributed by atoms with E-state index in [1.807, 2.05) is 36.4 Å². The molecule has 32 heavy (non-hydrogen) atoms. The van der Waals surface area contributed by atoms with Gasteiger partial charge in [-0.05, 0) is 60.1 Å². The number of pyridine rings is 1. The van der Waals surface area contributed by atoms with Gasteiger partial charge in [-0.25, -0.2) is 0 Å². The van der Waals surface area contributed by atoms with E-state index in [4.69, 9.17) is 4.74 Å². The number of carbonyl (C=O) groups is 2. The molecule has 2 amide bonds. The topological polar surface area (TPSA) is 62.7 Å². The van der Waals surface area contributed by atoms with Crippen LogP contribution in [0.2, 0.25) is 0 Å². The monoisotopic (exact) mass is 433 g/mol. The molecule has 1 aromatic heterocycles. The fraction of sp³-hybridized carbons (Fsp3) is 0.423. The molecule has 1 atom stereocenters. The van der Waals surface area contributed by atoms with E-state index in [0.29, 0.717) is 29.7 Å². The lowest BCUT2D eigenvalue weighted by Crippen LogP contribution is -2.39. The van der Waals surface area contributed by atoms with Crippen LogP contribution in [-0.2, 0) is 16.1 Å². The Balaban J connectivity index is 1.67. The predicted octanol–water partition coefficient (Wildman–Crippen LogP) is 4.13. The number of ether oxygens (including phenoxy) is 1. The van der Waals surface area contributed by atoms with Gasteiger partial charge in [-0.1, -0.05) is 32.9 Å². The maximum absolute atomic E-state index is 13.5. The molecule has 168 valence electrons. The Hall–Kier alpha value is -3.15. The summed E-state index contributed by atoms with van der Waals surface area (Å²) in [4.78, 5) is 34.6. The van der Waals surface area contributed by atoms with E-state index >= 15 is 0 Å². The molecule has 1 unspecified atom stereocenters. The van der Waals surface area contributed by atoms with Crippen molar-refractivity contribution in [3.05, 3.63) is 65.6 Å². The normalized spacial score (nSPS) is 19.3. The van der Waals surface area contributed by atoms with Crippen LogP contribution < -0.4 is 4.74 Å². The first-order valence-electron chi connectivity index (χ1n) is 11.4. The highest BCUT2D eigenvalue weighted by atomic mass is 16.5. The van der Waals surface area contributed by atoms with Gasteiger partial charge >= 0.3 is 0 Å². The molecule has 6 heteroatoms. The Labute approximate surface area is 189 Å². The maximum Gasteiger partial charge on any atom is 0.278 e. The van der Waals surface area contributed by atoms with Crippen LogP contribution in [0.25, 0.3) is 5.57 Å². The SMILES string of the molecule is CC(C)COc1ccc(C2=C(N3CCCC(C)C3)C(=O)N(Cc3ccncc3)C2=O)cc1. The second-order valence-electron chi connectivity index (χ2n) is 9.20. The van der Waals surface area contributed by atoms with Gasteiger partial charge in [0.2, 0.25) is 0 Å². The van der Waals surface area contributed by atoms with Crippen molar-refractivity contribution in [2.45, 2.75) is 40.2 Å². The lowest BCUT2D eigenvalue weighted by Gasteiger charge is -2.33. The third kappa shape index (κ3) is 4.69. The summed E-state index contributed by atoms with van der Waals surface area (Å²) in [5, 5.41) is 0. The number of rotatable bonds is 7. The van der Waals surface area contributed by atoms with Gasteiger partial charge in [-0.15, -0.1) is 0 Å². The van der Waals surface area contributed by atoms with Crippen LogP contribution >= 0.6 is 0 Å². The third-order valence-electron chi connectivity index (χ3n) is 5.93. The number of imide groups is 1. The van der Waals surface area contributed by atoms with Gasteiger partial charge in [-0.3, -0.25) is 19.5 Å². The largest absolute Gasteiger partial charge is 0.493 e. The molecule has 0 saturated carbocycles. The Morgan fingerprint density at radius 1 is 1.06 bits per heavy atom. The summed E-state index contributed by atoms with van der Waals surface area (Å²) in [5.74, 6) is 1.23. The molecule has 1 fully saturated rings. The molecule has 4 rings (SSSR count). The minimum atomic E-state index is -0.240. The van der Waals surface area contributed by atoms with Crippen LogP contribution in [-0.4, -0.2) is 46.3 Å². The average molecular weight is 434 g/mol. The number of aromatic nitrogens is 1. The molecule has 0 N–H and O–H groups in total. The van der Waals surface area contributed by atoms with Crippen molar-refractivity contribution in [2.75, 3.05) is 19.7 Å². The van der Waals surface area contributed by atoms with Gasteiger partial charge in [0.1, 0.15) is 11.4 Å². The first-order valence-corrected chi connectivity index (χ1v) is 11.4. The average Bonchev–Trinajstić information content (AvgIpc) is 3.03. The molecule has 2 aromatic rings. The van der Waals surface area contributed by atoms with E-state index < -0.39 is 0 Å². The van der Waals surface area contributed by atoms with Crippen LogP contribution in [0.3, 0.4) is 0 Å². The van der Waals surface area contributed by atoms with Gasteiger partial charge in [-0.2, -0.15) is 0 Å². The Kier molecular flexibility index (Phi) is 6.58. The van der Waals surface area contributed by atoms with Gasteiger partial charge < -0.3 is 9.64 Å². The van der Waals surface area contributed by atoms with E-state index in [0.717, 1.165) is 42.8 Å². The van der Waals surface area contributed by atoms with Crippen molar-refractivity contribution < 1.29 is 14.3 Å². The van der Waals surface area contributed by atoms with Crippen molar-refractivity contribution >= 4 is 17.4 Å². The standard InChI is InChI=1S/C26H31N3O3/c1-18(2)17-32-22-8-6-21(7-9-22)23-24(28-14-4-5-19(3)15-28)26(31)29(25(23)30)16-20-10-12-27-13-11-20/h6-13,18-19H,4-5,14-17H2,1-3H3. The van der Waals surface area contributed by atoms with Crippen molar-refractivity contribution in [2.24, 2.45) is 11.8 Å². The van der Waals surface area contributed by atoms with Crippen molar-refractivity contribution in [3.8, 4) is 5.75 Å². The fourth-order valence-corrected chi connectivity index (χ4v) is 4.30. The van der Waals surface area contributed by atoms with Gasteiger partial charge in [0.05, 0.1) is 18.7 Å². The number of benzene rings is 1. The van der Waals surface area contributed by atoms with Crippen LogP contribution in [0.15, 0.2) is 54.5 Å². The number of piperidine rings is 1. The van der Waals surface area contributed by atoms with E-state index in [-0.39, 0.29) is 18.4 Å². The molecule has 2 aliphatic rings. The van der Waals surface area contributed by atoms with Crippen LogP contribution in [0.5, 0.6) is 5.75 Å². The molecular formula is C26H31N3O3. The van der Waals surface area contributed by atoms with Crippen molar-refractivity contribution in [3.63, 3.8) is 0 Å². The van der Waals surface area contributed by atoms with Crippen molar-refractivity contribution in [1.82, 2.24) is 14.8 Å². The summed E-state index contributed by atoms with van der Waals surface area (Å²) >= 11 is 0. The van der Waals surface area contributed by atoms with E-state index in [9.17, 15) is 9.59 Å². The molecule has 6 nitrogen and oxygen atoms in total. The summed E-state index contributed by atoms with van der Waals surface area (Å²) in [7, 11) is 0. The highest BCUT2D eigenvalue weighted by Gasteiger charge is 2.42. The number of likely N-dealkylation sites (tertiary alicyclic amines) is 1. The lowest BCUT2D eigenvalue weighted by molar-refractivity contribution is -0.138. The number of amides is 2. The minimum absolute atomic E-state index is 0.212. The highest BCUT2D eigenvalue weighted by molar-refractivity contribution is 6.35. The summed E-state index contributed by atoms with van der Waals surface area (Å²) in [6, 6.07) is 11.2. The number of carbonyl (C=O) groups excluding carboxylic acids is 2. The second kappa shape index (κ2) is 9.55. The lowest BCUT2D eigenvalue weighted by atomic mass is 9.97. The zero-order valence-corrected chi connectivity index (χ0v) is 19.1. The first kappa shape index (κ1) is 22.1. The van der Waals surface area contributed by atoms with Crippen LogP contribution in [0, 0.1) is 11.8 Å². The Morgan fingerprint density at radius 2 is 1.78 bits per heavy atom. The molecule has 0 aliphatic carbocycles. The molecule has 1 aromatic carbocycles. The molecule has 0 radical (unpaired) electrons. The van der Waals surface area contributed by atoms with Crippen LogP contribution in [0.4, 0.5) is 0 Å². The summed E-state index contributed by atoms with van der Waals surface area (Å²) < 4.78 is 5.80. The van der Waals surface area contributed by atoms with Gasteiger partial charge in [0.15, 0.2) is 0 Å². The zero-order chi connectivity index (χ0) is 22.7. The Bertz CT molecular complexity index is 999. The smallest absolute Gasteiger partial charge is 0.278 e. The van der Waals surface area contributed by atoms with Gasteiger partial charge in [0, 0.05) is 25.5 Å². The maximum atomic E-state index is 13.5. The van der Waals surface area contributed by atoms with E-state index in [1.54, 1.807) is 12.4 Å². The summed E-state index contributed by atoms with van der Waals surface area (Å²) in [5.41, 5.74) is 2.66. The molecule has 0 spiro atoms. The summed E-state index contributed by atoms with van der Waals surface area (Å²) in [6.45, 7) is 8.86. The molecule has 2 aliphatic heterocycles. The minimum Gasteiger partial charge on any atom is -0.493 e. The zero-order valence-electron chi connectivity index (χ0n) is 19.1. The third-order valence-corrected chi connectivity index (χ3v) is 5.93.